The van der Waals surface area contributed by atoms with Crippen LogP contribution in [0.3, 0.4) is 0 Å². The molecule has 1 N–H and O–H groups in total. The number of amides is 1. The van der Waals surface area contributed by atoms with Crippen molar-refractivity contribution in [3.05, 3.63) is 47.9 Å². The maximum Gasteiger partial charge on any atom is 0.275 e. The molecule has 0 unspecified atom stereocenters. The molecule has 0 spiro atoms. The molecule has 5 heteroatoms. The molecule has 1 amide bonds. The van der Waals surface area contributed by atoms with Crippen molar-refractivity contribution < 1.29 is 4.79 Å². The number of aryl methyl sites for hydroxylation is 1. The number of hydrogen-bond donors (Lipinski definition) is 1. The fraction of sp³-hybridized carbons (Fsp3) is 0.353. The molecule has 0 fully saturated rings. The third kappa shape index (κ3) is 3.61. The number of benzene rings is 1. The summed E-state index contributed by atoms with van der Waals surface area (Å²) < 4.78 is 0. The van der Waals surface area contributed by atoms with E-state index in [0.29, 0.717) is 5.69 Å². The molecule has 0 radical (unpaired) electrons. The number of aromatic nitrogens is 2. The molecule has 2 rings (SSSR count). The van der Waals surface area contributed by atoms with E-state index in [0.717, 1.165) is 36.6 Å². The summed E-state index contributed by atoms with van der Waals surface area (Å²) in [6, 6.07) is 7.77. The van der Waals surface area contributed by atoms with Gasteiger partial charge in [0.2, 0.25) is 0 Å². The Morgan fingerprint density at radius 1 is 1.09 bits per heavy atom. The monoisotopic (exact) mass is 298 g/mol. The normalized spacial score (nSPS) is 10.3. The van der Waals surface area contributed by atoms with Gasteiger partial charge < -0.3 is 10.2 Å². The summed E-state index contributed by atoms with van der Waals surface area (Å²) >= 11 is 0. The molecule has 1 heterocycles. The number of anilines is 2. The molecule has 0 aliphatic heterocycles. The van der Waals surface area contributed by atoms with Crippen molar-refractivity contribution in [2.75, 3.05) is 23.3 Å². The number of rotatable bonds is 6. The Hall–Kier alpha value is -2.43. The van der Waals surface area contributed by atoms with Crippen LogP contribution in [0.2, 0.25) is 0 Å². The van der Waals surface area contributed by atoms with E-state index in [4.69, 9.17) is 0 Å². The topological polar surface area (TPSA) is 58.1 Å². The molecule has 22 heavy (non-hydrogen) atoms. The van der Waals surface area contributed by atoms with Gasteiger partial charge in [0.15, 0.2) is 0 Å². The van der Waals surface area contributed by atoms with Crippen LogP contribution in [0, 0.1) is 0 Å². The van der Waals surface area contributed by atoms with E-state index in [1.54, 1.807) is 6.20 Å². The highest BCUT2D eigenvalue weighted by atomic mass is 16.1. The lowest BCUT2D eigenvalue weighted by atomic mass is 10.1. The Labute approximate surface area is 131 Å². The standard InChI is InChI=1S/C17H22N4O/c1-4-13-9-7-8-10-14(13)20-17(22)15-11-19-16(12-18-15)21(5-2)6-3/h7-12H,4-6H2,1-3H3,(H,20,22). The van der Waals surface area contributed by atoms with Crippen molar-refractivity contribution in [1.82, 2.24) is 9.97 Å². The van der Waals surface area contributed by atoms with Crippen molar-refractivity contribution in [2.24, 2.45) is 0 Å². The van der Waals surface area contributed by atoms with Gasteiger partial charge in [-0.15, -0.1) is 0 Å². The second-order valence-corrected chi connectivity index (χ2v) is 4.90. The third-order valence-corrected chi connectivity index (χ3v) is 3.60. The third-order valence-electron chi connectivity index (χ3n) is 3.60. The molecule has 116 valence electrons. The lowest BCUT2D eigenvalue weighted by Crippen LogP contribution is -2.23. The van der Waals surface area contributed by atoms with Crippen molar-refractivity contribution >= 4 is 17.4 Å². The first-order valence-electron chi connectivity index (χ1n) is 7.65. The van der Waals surface area contributed by atoms with E-state index in [-0.39, 0.29) is 5.91 Å². The molecule has 0 atom stereocenters. The van der Waals surface area contributed by atoms with E-state index in [1.807, 2.05) is 24.3 Å². The minimum Gasteiger partial charge on any atom is -0.356 e. The van der Waals surface area contributed by atoms with E-state index in [2.05, 4.69) is 41.0 Å². The van der Waals surface area contributed by atoms with Crippen LogP contribution in [0.15, 0.2) is 36.7 Å². The minimum absolute atomic E-state index is 0.237. The smallest absolute Gasteiger partial charge is 0.275 e. The first-order valence-corrected chi connectivity index (χ1v) is 7.65. The maximum atomic E-state index is 12.3. The number of nitrogens with zero attached hydrogens (tertiary/aromatic N) is 3. The number of carbonyl (C=O) groups excluding carboxylic acids is 1. The Morgan fingerprint density at radius 3 is 2.41 bits per heavy atom. The van der Waals surface area contributed by atoms with Gasteiger partial charge >= 0.3 is 0 Å². The zero-order valence-electron chi connectivity index (χ0n) is 13.3. The van der Waals surface area contributed by atoms with Gasteiger partial charge in [0.05, 0.1) is 12.4 Å². The maximum absolute atomic E-state index is 12.3. The summed E-state index contributed by atoms with van der Waals surface area (Å²) in [7, 11) is 0. The minimum atomic E-state index is -0.237. The summed E-state index contributed by atoms with van der Waals surface area (Å²) in [6.45, 7) is 7.91. The number of hydrogen-bond acceptors (Lipinski definition) is 4. The first kappa shape index (κ1) is 15.9. The lowest BCUT2D eigenvalue weighted by Gasteiger charge is -2.19. The molecule has 0 saturated heterocycles. The van der Waals surface area contributed by atoms with Gasteiger partial charge in [0, 0.05) is 18.8 Å². The van der Waals surface area contributed by atoms with Gasteiger partial charge in [0.25, 0.3) is 5.91 Å². The highest BCUT2D eigenvalue weighted by Crippen LogP contribution is 2.16. The van der Waals surface area contributed by atoms with E-state index in [9.17, 15) is 4.79 Å². The van der Waals surface area contributed by atoms with E-state index >= 15 is 0 Å². The fourth-order valence-corrected chi connectivity index (χ4v) is 2.29. The van der Waals surface area contributed by atoms with Gasteiger partial charge in [-0.25, -0.2) is 9.97 Å². The summed E-state index contributed by atoms with van der Waals surface area (Å²) in [4.78, 5) is 22.9. The SMILES string of the molecule is CCc1ccccc1NC(=O)c1cnc(N(CC)CC)cn1. The van der Waals surface area contributed by atoms with E-state index < -0.39 is 0 Å². The molecular formula is C17H22N4O. The van der Waals surface area contributed by atoms with Gasteiger partial charge in [-0.1, -0.05) is 25.1 Å². The highest BCUT2D eigenvalue weighted by Gasteiger charge is 2.11. The number of nitrogens with one attached hydrogen (secondary N) is 1. The Kier molecular flexibility index (Phi) is 5.47. The Morgan fingerprint density at radius 2 is 1.82 bits per heavy atom. The van der Waals surface area contributed by atoms with Crippen LogP contribution in [0.25, 0.3) is 0 Å². The quantitative estimate of drug-likeness (QED) is 0.890. The van der Waals surface area contributed by atoms with Crippen molar-refractivity contribution in [1.29, 1.82) is 0 Å². The molecule has 1 aromatic heterocycles. The molecule has 0 saturated carbocycles. The number of para-hydroxylation sites is 1. The van der Waals surface area contributed by atoms with Crippen LogP contribution >= 0.6 is 0 Å². The summed E-state index contributed by atoms with van der Waals surface area (Å²) in [6.07, 6.45) is 4.04. The van der Waals surface area contributed by atoms with Gasteiger partial charge in [-0.05, 0) is 31.9 Å². The van der Waals surface area contributed by atoms with Crippen molar-refractivity contribution in [3.8, 4) is 0 Å². The summed E-state index contributed by atoms with van der Waals surface area (Å²) in [5.74, 6) is 0.551. The van der Waals surface area contributed by atoms with Gasteiger partial charge in [-0.2, -0.15) is 0 Å². The largest absolute Gasteiger partial charge is 0.356 e. The summed E-state index contributed by atoms with van der Waals surface area (Å²) in [5.41, 5.74) is 2.25. The van der Waals surface area contributed by atoms with Crippen LogP contribution < -0.4 is 10.2 Å². The van der Waals surface area contributed by atoms with Crippen LogP contribution in [0.5, 0.6) is 0 Å². The second-order valence-electron chi connectivity index (χ2n) is 4.90. The molecule has 0 bridgehead atoms. The molecule has 2 aromatic rings. The van der Waals surface area contributed by atoms with Crippen molar-refractivity contribution in [2.45, 2.75) is 27.2 Å². The molecule has 1 aromatic carbocycles. The first-order chi connectivity index (χ1) is 10.7. The average Bonchev–Trinajstić information content (AvgIpc) is 2.57. The highest BCUT2D eigenvalue weighted by molar-refractivity contribution is 6.03. The summed E-state index contributed by atoms with van der Waals surface area (Å²) in [5, 5.41) is 2.90. The van der Waals surface area contributed by atoms with Gasteiger partial charge in [0.1, 0.15) is 11.5 Å². The Bertz CT molecular complexity index is 621. The predicted octanol–water partition coefficient (Wildman–Crippen LogP) is 3.14. The average molecular weight is 298 g/mol. The molecule has 0 aliphatic carbocycles. The Balaban J connectivity index is 2.13. The van der Waals surface area contributed by atoms with Crippen LogP contribution in [0.1, 0.15) is 36.8 Å². The fourth-order valence-electron chi connectivity index (χ4n) is 2.29. The molecule has 0 aliphatic rings. The second kappa shape index (κ2) is 7.54. The zero-order chi connectivity index (χ0) is 15.9. The molecular weight excluding hydrogens is 276 g/mol. The molecule has 5 nitrogen and oxygen atoms in total. The lowest BCUT2D eigenvalue weighted by molar-refractivity contribution is 0.102. The number of carbonyl (C=O) groups is 1. The van der Waals surface area contributed by atoms with Crippen LogP contribution in [-0.2, 0) is 6.42 Å². The van der Waals surface area contributed by atoms with Crippen LogP contribution in [-0.4, -0.2) is 29.0 Å². The van der Waals surface area contributed by atoms with Crippen LogP contribution in [0.4, 0.5) is 11.5 Å². The zero-order valence-corrected chi connectivity index (χ0v) is 13.3. The van der Waals surface area contributed by atoms with Crippen molar-refractivity contribution in [3.63, 3.8) is 0 Å². The predicted molar refractivity (Wildman–Crippen MR) is 89.4 cm³/mol. The van der Waals surface area contributed by atoms with Gasteiger partial charge in [-0.3, -0.25) is 4.79 Å². The van der Waals surface area contributed by atoms with E-state index in [1.165, 1.54) is 6.20 Å².